The largest absolute Gasteiger partial charge is 0.507 e. The number of carbonyl (C=O) groups is 1. The zero-order valence-electron chi connectivity index (χ0n) is 20.0. The average Bonchev–Trinajstić information content (AvgIpc) is 3.05. The highest BCUT2D eigenvalue weighted by molar-refractivity contribution is 5.96. The molecule has 2 bridgehead atoms. The molecule has 4 aliphatic heterocycles. The van der Waals surface area contributed by atoms with Crippen molar-refractivity contribution in [3.8, 4) is 5.75 Å². The molecule has 9 heteroatoms. The molecular weight excluding hydrogens is 442 g/mol. The molecule has 8 atom stereocenters. The summed E-state index contributed by atoms with van der Waals surface area (Å²) in [6, 6.07) is 6.31. The third-order valence-electron chi connectivity index (χ3n) is 8.08. The third kappa shape index (κ3) is 4.12. The molecule has 1 aromatic carbocycles. The summed E-state index contributed by atoms with van der Waals surface area (Å²) in [6.07, 6.45) is 3.55. The fraction of sp³-hybridized carbons (Fsp3) is 0.720. The molecule has 4 saturated heterocycles. The molecule has 9 nitrogen and oxygen atoms in total. The summed E-state index contributed by atoms with van der Waals surface area (Å²) in [4.78, 5) is 29.3. The smallest absolute Gasteiger partial charge is 0.278 e. The van der Waals surface area contributed by atoms with E-state index in [-0.39, 0.29) is 29.8 Å². The Morgan fingerprint density at radius 2 is 1.97 bits per heavy atom. The summed E-state index contributed by atoms with van der Waals surface area (Å²) in [6.45, 7) is 7.03. The summed E-state index contributed by atoms with van der Waals surface area (Å²) in [7, 11) is 0. The fourth-order valence-electron chi connectivity index (χ4n) is 6.23. The molecule has 0 aromatic heterocycles. The molecule has 0 radical (unpaired) electrons. The first-order valence-electron chi connectivity index (χ1n) is 12.4. The number of carbonyl (C=O) groups excluding carboxylic acids is 1. The summed E-state index contributed by atoms with van der Waals surface area (Å²) in [5.74, 6) is -0.218. The van der Waals surface area contributed by atoms with Gasteiger partial charge in [-0.3, -0.25) is 9.63 Å². The van der Waals surface area contributed by atoms with Gasteiger partial charge in [-0.15, -0.1) is 0 Å². The van der Waals surface area contributed by atoms with Crippen molar-refractivity contribution in [2.24, 2.45) is 23.7 Å². The Morgan fingerprint density at radius 3 is 2.79 bits per heavy atom. The van der Waals surface area contributed by atoms with Crippen molar-refractivity contribution in [2.75, 3.05) is 13.2 Å². The van der Waals surface area contributed by atoms with Crippen LogP contribution < -0.4 is 5.48 Å². The Labute approximate surface area is 199 Å². The molecule has 5 fully saturated rings. The van der Waals surface area contributed by atoms with Gasteiger partial charge in [-0.1, -0.05) is 26.0 Å². The number of rotatable bonds is 7. The van der Waals surface area contributed by atoms with Crippen molar-refractivity contribution in [3.05, 3.63) is 29.8 Å². The molecule has 1 amide bonds. The van der Waals surface area contributed by atoms with Crippen LogP contribution in [0.5, 0.6) is 5.75 Å². The van der Waals surface area contributed by atoms with Crippen molar-refractivity contribution in [3.63, 3.8) is 0 Å². The van der Waals surface area contributed by atoms with Crippen LogP contribution in [0.15, 0.2) is 24.3 Å². The van der Waals surface area contributed by atoms with Crippen LogP contribution in [-0.2, 0) is 28.8 Å². The number of phenolic OH excluding ortho intramolecular Hbond substituents is 1. The van der Waals surface area contributed by atoms with Gasteiger partial charge in [0, 0.05) is 18.3 Å². The molecule has 5 aliphatic rings. The monoisotopic (exact) mass is 477 g/mol. The van der Waals surface area contributed by atoms with Gasteiger partial charge in [-0.05, 0) is 56.6 Å². The minimum atomic E-state index is -0.804. The lowest BCUT2D eigenvalue weighted by Gasteiger charge is -2.60. The number of ether oxygens (including phenoxy) is 3. The van der Waals surface area contributed by atoms with Gasteiger partial charge < -0.3 is 19.3 Å². The maximum Gasteiger partial charge on any atom is 0.278 e. The van der Waals surface area contributed by atoms with E-state index in [2.05, 4.69) is 19.3 Å². The SMILES string of the molecule is C[C@H]1[C@@H](OCCCONC(=O)c2ccccc2O)O[C@@H]2O[C@]3(C)CC[C@H]4[C@H](C)CC[C@@H]1[C@@]24OO3. The first kappa shape index (κ1) is 24.0. The second-order valence-electron chi connectivity index (χ2n) is 10.3. The van der Waals surface area contributed by atoms with Gasteiger partial charge in [0.2, 0.25) is 5.79 Å². The number of benzene rings is 1. The van der Waals surface area contributed by atoms with Crippen molar-refractivity contribution in [1.82, 2.24) is 5.48 Å². The lowest BCUT2D eigenvalue weighted by atomic mass is 9.58. The van der Waals surface area contributed by atoms with Crippen LogP contribution in [0.3, 0.4) is 0 Å². The Balaban J connectivity index is 1.14. The molecule has 34 heavy (non-hydrogen) atoms. The number of para-hydroxylation sites is 1. The van der Waals surface area contributed by atoms with E-state index < -0.39 is 29.9 Å². The second kappa shape index (κ2) is 9.37. The first-order chi connectivity index (χ1) is 16.3. The molecule has 1 saturated carbocycles. The van der Waals surface area contributed by atoms with Crippen molar-refractivity contribution in [2.45, 2.75) is 76.8 Å². The predicted octanol–water partition coefficient (Wildman–Crippen LogP) is 3.67. The fourth-order valence-corrected chi connectivity index (χ4v) is 6.23. The second-order valence-corrected chi connectivity index (χ2v) is 10.3. The van der Waals surface area contributed by atoms with E-state index in [1.165, 1.54) is 12.1 Å². The minimum Gasteiger partial charge on any atom is -0.507 e. The molecule has 188 valence electrons. The molecule has 1 spiro atoms. The lowest BCUT2D eigenvalue weighted by molar-refractivity contribution is -0.577. The quantitative estimate of drug-likeness (QED) is 0.348. The Morgan fingerprint density at radius 1 is 1.15 bits per heavy atom. The maximum atomic E-state index is 12.1. The lowest BCUT2D eigenvalue weighted by Crippen LogP contribution is -2.70. The van der Waals surface area contributed by atoms with Gasteiger partial charge >= 0.3 is 0 Å². The van der Waals surface area contributed by atoms with Crippen LogP contribution in [-0.4, -0.2) is 48.2 Å². The molecule has 1 aliphatic carbocycles. The normalized spacial score (nSPS) is 40.9. The Hall–Kier alpha value is -1.75. The predicted molar refractivity (Wildman–Crippen MR) is 119 cm³/mol. The van der Waals surface area contributed by atoms with Gasteiger partial charge in [0.15, 0.2) is 18.2 Å². The first-order valence-corrected chi connectivity index (χ1v) is 12.4. The van der Waals surface area contributed by atoms with Crippen LogP contribution in [0.2, 0.25) is 0 Å². The number of hydroxylamine groups is 1. The van der Waals surface area contributed by atoms with Gasteiger partial charge in [-0.2, -0.15) is 0 Å². The van der Waals surface area contributed by atoms with Crippen LogP contribution in [0.25, 0.3) is 0 Å². The summed E-state index contributed by atoms with van der Waals surface area (Å²) in [5.41, 5.74) is 1.92. The highest BCUT2D eigenvalue weighted by Gasteiger charge is 2.69. The number of phenols is 1. The minimum absolute atomic E-state index is 0.0924. The van der Waals surface area contributed by atoms with E-state index in [1.807, 2.05) is 6.92 Å². The van der Waals surface area contributed by atoms with Crippen LogP contribution in [0.4, 0.5) is 0 Å². The number of fused-ring (bicyclic) bond motifs is 2. The molecule has 0 unspecified atom stereocenters. The number of amides is 1. The van der Waals surface area contributed by atoms with Crippen LogP contribution >= 0.6 is 0 Å². The maximum absolute atomic E-state index is 12.1. The number of nitrogens with one attached hydrogen (secondary N) is 1. The Bertz CT molecular complexity index is 897. The highest BCUT2D eigenvalue weighted by atomic mass is 17.3. The number of hydrogen-bond acceptors (Lipinski definition) is 8. The van der Waals surface area contributed by atoms with Gasteiger partial charge in [0.1, 0.15) is 5.75 Å². The third-order valence-corrected chi connectivity index (χ3v) is 8.08. The molecule has 1 aromatic rings. The zero-order valence-corrected chi connectivity index (χ0v) is 20.0. The highest BCUT2D eigenvalue weighted by Crippen LogP contribution is 2.60. The molecule has 6 rings (SSSR count). The van der Waals surface area contributed by atoms with E-state index in [0.29, 0.717) is 24.9 Å². The van der Waals surface area contributed by atoms with Crippen LogP contribution in [0.1, 0.15) is 63.2 Å². The van der Waals surface area contributed by atoms with Crippen LogP contribution in [0, 0.1) is 23.7 Å². The van der Waals surface area contributed by atoms with E-state index in [1.54, 1.807) is 12.1 Å². The standard InChI is InChI=1S/C25H35NO8/c1-15-9-10-19-16(2)22(31-23-25(19)18(15)11-12-24(3,32-23)33-34-25)29-13-6-14-30-26-21(28)17-7-4-5-8-20(17)27/h4-5,7-8,15-16,18-19,22-23,27H,6,9-14H2,1-3H3,(H,26,28)/t15-,16-,18+,19+,22+,23-,24+,25-/m1/s1. The molecule has 2 N–H and O–H groups in total. The topological polar surface area (TPSA) is 105 Å². The van der Waals surface area contributed by atoms with E-state index in [0.717, 1.165) is 25.7 Å². The summed E-state index contributed by atoms with van der Waals surface area (Å²) < 4.78 is 18.8. The van der Waals surface area contributed by atoms with Gasteiger partial charge in [0.05, 0.1) is 18.8 Å². The van der Waals surface area contributed by atoms with E-state index in [4.69, 9.17) is 28.8 Å². The summed E-state index contributed by atoms with van der Waals surface area (Å²) >= 11 is 0. The molecular formula is C25H35NO8. The van der Waals surface area contributed by atoms with E-state index >= 15 is 0 Å². The van der Waals surface area contributed by atoms with Crippen molar-refractivity contribution < 1.29 is 38.7 Å². The Kier molecular flexibility index (Phi) is 6.60. The number of aromatic hydroxyl groups is 1. The van der Waals surface area contributed by atoms with E-state index in [9.17, 15) is 9.90 Å². The average molecular weight is 478 g/mol. The van der Waals surface area contributed by atoms with Crippen molar-refractivity contribution in [1.29, 1.82) is 0 Å². The number of hydrogen-bond donors (Lipinski definition) is 2. The van der Waals surface area contributed by atoms with Crippen molar-refractivity contribution >= 4 is 5.91 Å². The molecule has 4 heterocycles. The summed E-state index contributed by atoms with van der Waals surface area (Å²) in [5, 5.41) is 9.75. The van der Waals surface area contributed by atoms with Gasteiger partial charge in [-0.25, -0.2) is 15.3 Å². The zero-order chi connectivity index (χ0) is 23.9. The van der Waals surface area contributed by atoms with Gasteiger partial charge in [0.25, 0.3) is 5.91 Å².